The molecule has 84 valence electrons. The van der Waals surface area contributed by atoms with Gasteiger partial charge in [0.2, 0.25) is 0 Å². The summed E-state index contributed by atoms with van der Waals surface area (Å²) in [6, 6.07) is 0.0392. The van der Waals surface area contributed by atoms with Gasteiger partial charge >= 0.3 is 90.5 Å². The first-order chi connectivity index (χ1) is 6.94. The van der Waals surface area contributed by atoms with Gasteiger partial charge in [-0.05, 0) is 0 Å². The number of nitrogens with zero attached hydrogens (tertiary/aromatic N) is 1. The van der Waals surface area contributed by atoms with Crippen molar-refractivity contribution >= 4 is 13.2 Å². The molecule has 0 N–H and O–H groups in total. The Morgan fingerprint density at radius 1 is 1.53 bits per heavy atom. The van der Waals surface area contributed by atoms with Crippen molar-refractivity contribution in [1.29, 1.82) is 0 Å². The number of amides is 1. The van der Waals surface area contributed by atoms with Crippen LogP contribution in [0.1, 0.15) is 33.6 Å². The number of ether oxygens (including phenoxy) is 1. The average Bonchev–Trinajstić information content (AvgIpc) is 2.49. The zero-order valence-corrected chi connectivity index (χ0v) is 9.66. The number of rotatable bonds is 2. The van der Waals surface area contributed by atoms with E-state index in [1.54, 1.807) is 4.90 Å². The van der Waals surface area contributed by atoms with Crippen LogP contribution in [0.2, 0.25) is 6.32 Å². The van der Waals surface area contributed by atoms with Gasteiger partial charge < -0.3 is 0 Å². The summed E-state index contributed by atoms with van der Waals surface area (Å²) in [4.78, 5) is 13.4. The first-order valence-corrected chi connectivity index (χ1v) is 5.37. The molecule has 0 spiro atoms. The van der Waals surface area contributed by atoms with Crippen LogP contribution in [0.5, 0.6) is 0 Å². The van der Waals surface area contributed by atoms with E-state index >= 15 is 0 Å². The quantitative estimate of drug-likeness (QED) is 0.654. The van der Waals surface area contributed by atoms with Crippen LogP contribution in [0.15, 0.2) is 0 Å². The summed E-state index contributed by atoms with van der Waals surface area (Å²) in [5, 5.41) is 0. The summed E-state index contributed by atoms with van der Waals surface area (Å²) >= 11 is 0. The van der Waals surface area contributed by atoms with Crippen LogP contribution in [0, 0.1) is 0 Å². The van der Waals surface area contributed by atoms with Crippen LogP contribution < -0.4 is 0 Å². The molecule has 1 unspecified atom stereocenters. The van der Waals surface area contributed by atoms with E-state index in [4.69, 9.17) is 4.74 Å². The van der Waals surface area contributed by atoms with Crippen LogP contribution >= 0.6 is 0 Å². The minimum absolute atomic E-state index is 0.0392. The fourth-order valence-corrected chi connectivity index (χ4v) is 1.75. The summed E-state index contributed by atoms with van der Waals surface area (Å²) in [5.74, 6) is 0. The van der Waals surface area contributed by atoms with Gasteiger partial charge in [-0.1, -0.05) is 0 Å². The average molecular weight is 211 g/mol. The second-order valence-corrected chi connectivity index (χ2v) is 4.87. The second-order valence-electron chi connectivity index (χ2n) is 4.87. The predicted molar refractivity (Wildman–Crippen MR) is 57.2 cm³/mol. The zero-order valence-electron chi connectivity index (χ0n) is 9.66. The molecule has 1 fully saturated rings. The Kier molecular flexibility index (Phi) is 3.88. The van der Waals surface area contributed by atoms with E-state index in [9.17, 15) is 9.50 Å². The van der Waals surface area contributed by atoms with Gasteiger partial charge in [-0.3, -0.25) is 0 Å². The molecule has 1 atom stereocenters. The molecular formula is C10H18BNO3. The Morgan fingerprint density at radius 3 is 2.73 bits per heavy atom. The molecule has 0 bridgehead atoms. The van der Waals surface area contributed by atoms with Crippen molar-refractivity contribution in [3.8, 4) is 0 Å². The molecule has 0 aliphatic carbocycles. The fourth-order valence-electron chi connectivity index (χ4n) is 1.75. The van der Waals surface area contributed by atoms with Gasteiger partial charge in [0, 0.05) is 0 Å². The Morgan fingerprint density at radius 2 is 2.20 bits per heavy atom. The Balaban J connectivity index is 2.54. The molecule has 1 heterocycles. The van der Waals surface area contributed by atoms with Gasteiger partial charge in [-0.15, -0.1) is 0 Å². The molecule has 1 amide bonds. The Hall–Kier alpha value is -0.865. The first-order valence-electron chi connectivity index (χ1n) is 5.37. The molecule has 1 saturated heterocycles. The van der Waals surface area contributed by atoms with Gasteiger partial charge in [-0.25, -0.2) is 0 Å². The van der Waals surface area contributed by atoms with E-state index in [1.807, 2.05) is 20.8 Å². The number of carbonyl (C=O) groups excluding carboxylic acids is 1. The molecule has 0 saturated carbocycles. The van der Waals surface area contributed by atoms with E-state index in [1.165, 1.54) is 0 Å². The van der Waals surface area contributed by atoms with Crippen molar-refractivity contribution in [1.82, 2.24) is 4.90 Å². The zero-order chi connectivity index (χ0) is 11.5. The van der Waals surface area contributed by atoms with Crippen LogP contribution in [-0.2, 0) is 9.44 Å². The van der Waals surface area contributed by atoms with Crippen molar-refractivity contribution in [2.24, 2.45) is 0 Å². The number of hydrogen-bond donors (Lipinski definition) is 0. The number of likely N-dealkylation sites (tertiary alicyclic amines) is 1. The summed E-state index contributed by atoms with van der Waals surface area (Å²) in [6.45, 7) is 6.23. The monoisotopic (exact) mass is 211 g/mol. The SMILES string of the molecule is CC(C)(C)OC(=O)N1CCCC1CB=O. The van der Waals surface area contributed by atoms with Crippen LogP contribution in [0.4, 0.5) is 4.79 Å². The van der Waals surface area contributed by atoms with E-state index in [0.29, 0.717) is 12.9 Å². The Bertz CT molecular complexity index is 250. The predicted octanol–water partition coefficient (Wildman–Crippen LogP) is 1.85. The molecule has 5 heteroatoms. The molecule has 0 radical (unpaired) electrons. The summed E-state index contributed by atoms with van der Waals surface area (Å²) in [6.07, 6.45) is 1.97. The summed E-state index contributed by atoms with van der Waals surface area (Å²) in [5.41, 5.74) is -0.467. The van der Waals surface area contributed by atoms with Crippen molar-refractivity contribution in [3.05, 3.63) is 0 Å². The molecule has 1 aliphatic rings. The topological polar surface area (TPSA) is 46.6 Å². The van der Waals surface area contributed by atoms with E-state index in [0.717, 1.165) is 20.0 Å². The van der Waals surface area contributed by atoms with Crippen molar-refractivity contribution < 1.29 is 14.2 Å². The van der Waals surface area contributed by atoms with Gasteiger partial charge in [0.05, 0.1) is 0 Å². The van der Waals surface area contributed by atoms with Crippen LogP contribution in [-0.4, -0.2) is 36.3 Å². The van der Waals surface area contributed by atoms with E-state index < -0.39 is 5.60 Å². The molecular weight excluding hydrogens is 193 g/mol. The van der Waals surface area contributed by atoms with Crippen LogP contribution in [0.3, 0.4) is 0 Å². The van der Waals surface area contributed by atoms with E-state index in [2.05, 4.69) is 0 Å². The molecule has 1 rings (SSSR count). The maximum absolute atomic E-state index is 11.7. The number of carbonyl (C=O) groups is 1. The van der Waals surface area contributed by atoms with Crippen molar-refractivity contribution in [3.63, 3.8) is 0 Å². The summed E-state index contributed by atoms with van der Waals surface area (Å²) in [7, 11) is 0.868. The van der Waals surface area contributed by atoms with Gasteiger partial charge in [0.25, 0.3) is 0 Å². The summed E-state index contributed by atoms with van der Waals surface area (Å²) < 4.78 is 15.7. The number of hydrogen-bond acceptors (Lipinski definition) is 3. The minimum atomic E-state index is -0.467. The molecule has 4 nitrogen and oxygen atoms in total. The molecule has 0 aromatic carbocycles. The van der Waals surface area contributed by atoms with Gasteiger partial charge in [-0.2, -0.15) is 0 Å². The van der Waals surface area contributed by atoms with Gasteiger partial charge in [0.15, 0.2) is 0 Å². The Labute approximate surface area is 91.2 Å². The third-order valence-corrected chi connectivity index (χ3v) is 2.37. The molecule has 15 heavy (non-hydrogen) atoms. The van der Waals surface area contributed by atoms with Gasteiger partial charge in [0.1, 0.15) is 0 Å². The third kappa shape index (κ3) is 3.65. The normalized spacial score (nSPS) is 21.3. The van der Waals surface area contributed by atoms with Crippen LogP contribution in [0.25, 0.3) is 0 Å². The molecule has 1 aliphatic heterocycles. The fraction of sp³-hybridized carbons (Fsp3) is 0.900. The third-order valence-electron chi connectivity index (χ3n) is 2.37. The standard InChI is InChI=1S/C10H18BNO3/c1-10(2,3)15-9(13)12-6-4-5-8(12)7-11-14/h8H,4-7H2,1-3H3. The van der Waals surface area contributed by atoms with Crippen molar-refractivity contribution in [2.75, 3.05) is 6.54 Å². The molecule has 0 aromatic heterocycles. The van der Waals surface area contributed by atoms with Crippen molar-refractivity contribution in [2.45, 2.75) is 51.6 Å². The van der Waals surface area contributed by atoms with E-state index in [-0.39, 0.29) is 12.1 Å². The second kappa shape index (κ2) is 4.77. The molecule has 0 aromatic rings. The maximum atomic E-state index is 11.7. The first kappa shape index (κ1) is 12.2.